The first-order valence-corrected chi connectivity index (χ1v) is 8.02. The predicted molar refractivity (Wildman–Crippen MR) is 96.7 cm³/mol. The second kappa shape index (κ2) is 6.99. The summed E-state index contributed by atoms with van der Waals surface area (Å²) >= 11 is 6.02. The monoisotopic (exact) mass is 357 g/mol. The number of carbonyl (C=O) groups is 1. The SMILES string of the molecule is COc1cccc(Cc2cn(CC(=O)O)c3ccc(Cl)cc3c2=O)c1. The Morgan fingerprint density at radius 2 is 2.04 bits per heavy atom. The summed E-state index contributed by atoms with van der Waals surface area (Å²) in [5.41, 5.74) is 1.80. The zero-order valence-corrected chi connectivity index (χ0v) is 14.3. The van der Waals surface area contributed by atoms with E-state index >= 15 is 0 Å². The predicted octanol–water partition coefficient (Wildman–Crippen LogP) is 3.34. The van der Waals surface area contributed by atoms with Gasteiger partial charge in [0.15, 0.2) is 5.43 Å². The van der Waals surface area contributed by atoms with Crippen molar-refractivity contribution in [2.45, 2.75) is 13.0 Å². The minimum atomic E-state index is -0.979. The van der Waals surface area contributed by atoms with Crippen LogP contribution in [0.1, 0.15) is 11.1 Å². The van der Waals surface area contributed by atoms with E-state index in [0.717, 1.165) is 5.56 Å². The van der Waals surface area contributed by atoms with Gasteiger partial charge in [-0.05, 0) is 35.9 Å². The van der Waals surface area contributed by atoms with E-state index in [1.54, 1.807) is 36.1 Å². The second-order valence-corrected chi connectivity index (χ2v) is 6.13. The number of nitrogens with zero attached hydrogens (tertiary/aromatic N) is 1. The van der Waals surface area contributed by atoms with Crippen molar-refractivity contribution in [3.8, 4) is 5.75 Å². The van der Waals surface area contributed by atoms with E-state index in [1.807, 2.05) is 24.3 Å². The molecule has 0 unspecified atom stereocenters. The maximum absolute atomic E-state index is 12.8. The van der Waals surface area contributed by atoms with Gasteiger partial charge in [0.2, 0.25) is 0 Å². The first-order chi connectivity index (χ1) is 12.0. The Hall–Kier alpha value is -2.79. The van der Waals surface area contributed by atoms with E-state index in [2.05, 4.69) is 0 Å². The molecule has 0 aliphatic carbocycles. The third kappa shape index (κ3) is 3.67. The van der Waals surface area contributed by atoms with Gasteiger partial charge in [-0.2, -0.15) is 0 Å². The summed E-state index contributed by atoms with van der Waals surface area (Å²) < 4.78 is 6.77. The van der Waals surface area contributed by atoms with Gasteiger partial charge in [0, 0.05) is 28.6 Å². The largest absolute Gasteiger partial charge is 0.497 e. The van der Waals surface area contributed by atoms with Crippen molar-refractivity contribution in [1.82, 2.24) is 4.57 Å². The fraction of sp³-hybridized carbons (Fsp3) is 0.158. The number of fused-ring (bicyclic) bond motifs is 1. The zero-order valence-electron chi connectivity index (χ0n) is 13.5. The molecule has 128 valence electrons. The molecular weight excluding hydrogens is 342 g/mol. The third-order valence-corrected chi connectivity index (χ3v) is 4.19. The molecule has 0 atom stereocenters. The zero-order chi connectivity index (χ0) is 18.0. The van der Waals surface area contributed by atoms with Crippen molar-refractivity contribution in [1.29, 1.82) is 0 Å². The van der Waals surface area contributed by atoms with Gasteiger partial charge in [-0.25, -0.2) is 0 Å². The highest BCUT2D eigenvalue weighted by molar-refractivity contribution is 6.31. The molecule has 1 aromatic heterocycles. The molecule has 0 saturated carbocycles. The van der Waals surface area contributed by atoms with E-state index < -0.39 is 5.97 Å². The molecule has 2 aromatic carbocycles. The van der Waals surface area contributed by atoms with Crippen molar-refractivity contribution in [2.24, 2.45) is 0 Å². The van der Waals surface area contributed by atoms with E-state index in [9.17, 15) is 9.59 Å². The molecule has 0 radical (unpaired) electrons. The molecule has 1 N–H and O–H groups in total. The average molecular weight is 358 g/mol. The first kappa shape index (κ1) is 17.0. The summed E-state index contributed by atoms with van der Waals surface area (Å²) in [6, 6.07) is 12.3. The highest BCUT2D eigenvalue weighted by Crippen LogP contribution is 2.20. The number of hydrogen-bond donors (Lipinski definition) is 1. The third-order valence-electron chi connectivity index (χ3n) is 3.95. The van der Waals surface area contributed by atoms with Crippen LogP contribution in [0.3, 0.4) is 0 Å². The highest BCUT2D eigenvalue weighted by Gasteiger charge is 2.12. The minimum absolute atomic E-state index is 0.151. The van der Waals surface area contributed by atoms with Gasteiger partial charge in [-0.1, -0.05) is 23.7 Å². The Morgan fingerprint density at radius 3 is 2.76 bits per heavy atom. The standard InChI is InChI=1S/C19H16ClNO4/c1-25-15-4-2-3-12(8-15)7-13-10-21(11-18(22)23)17-6-5-14(20)9-16(17)19(13)24/h2-6,8-10H,7,11H2,1H3,(H,22,23). The van der Waals surface area contributed by atoms with Crippen LogP contribution in [0.4, 0.5) is 0 Å². The molecule has 0 aliphatic heterocycles. The summed E-state index contributed by atoms with van der Waals surface area (Å²) in [4.78, 5) is 24.0. The number of benzene rings is 2. The van der Waals surface area contributed by atoms with Crippen molar-refractivity contribution in [3.05, 3.63) is 75.0 Å². The summed E-state index contributed by atoms with van der Waals surface area (Å²) in [5, 5.41) is 10.0. The fourth-order valence-electron chi connectivity index (χ4n) is 2.83. The van der Waals surface area contributed by atoms with Crippen LogP contribution in [0.15, 0.2) is 53.5 Å². The van der Waals surface area contributed by atoms with Gasteiger partial charge >= 0.3 is 5.97 Å². The summed E-state index contributed by atoms with van der Waals surface area (Å²) in [6.07, 6.45) is 1.98. The van der Waals surface area contributed by atoms with E-state index in [-0.39, 0.29) is 12.0 Å². The number of ether oxygens (including phenoxy) is 1. The summed E-state index contributed by atoms with van der Waals surface area (Å²) in [7, 11) is 1.58. The number of halogens is 1. The van der Waals surface area contributed by atoms with Crippen LogP contribution in [0.2, 0.25) is 5.02 Å². The lowest BCUT2D eigenvalue weighted by Crippen LogP contribution is -2.18. The molecule has 5 nitrogen and oxygen atoms in total. The molecular formula is C19H16ClNO4. The fourth-order valence-corrected chi connectivity index (χ4v) is 3.01. The molecule has 0 fully saturated rings. The molecule has 0 aliphatic rings. The van der Waals surface area contributed by atoms with Crippen molar-refractivity contribution < 1.29 is 14.6 Å². The van der Waals surface area contributed by atoms with Gasteiger partial charge in [-0.3, -0.25) is 9.59 Å². The van der Waals surface area contributed by atoms with Crippen LogP contribution in [-0.4, -0.2) is 22.8 Å². The summed E-state index contributed by atoms with van der Waals surface area (Å²) in [6.45, 7) is -0.233. The van der Waals surface area contributed by atoms with Crippen LogP contribution < -0.4 is 10.2 Å². The van der Waals surface area contributed by atoms with Gasteiger partial charge < -0.3 is 14.4 Å². The smallest absolute Gasteiger partial charge is 0.323 e. The molecule has 25 heavy (non-hydrogen) atoms. The second-order valence-electron chi connectivity index (χ2n) is 5.69. The maximum atomic E-state index is 12.8. The van der Waals surface area contributed by atoms with Gasteiger partial charge in [0.05, 0.1) is 12.6 Å². The van der Waals surface area contributed by atoms with Crippen LogP contribution in [0.25, 0.3) is 10.9 Å². The van der Waals surface area contributed by atoms with Crippen LogP contribution in [-0.2, 0) is 17.8 Å². The van der Waals surface area contributed by atoms with Gasteiger partial charge in [0.25, 0.3) is 0 Å². The lowest BCUT2D eigenvalue weighted by molar-refractivity contribution is -0.137. The number of carboxylic acid groups (broad SMARTS) is 1. The van der Waals surface area contributed by atoms with Crippen molar-refractivity contribution in [2.75, 3.05) is 7.11 Å². The molecule has 0 spiro atoms. The molecule has 0 saturated heterocycles. The Kier molecular flexibility index (Phi) is 4.76. The quantitative estimate of drug-likeness (QED) is 0.760. The summed E-state index contributed by atoms with van der Waals surface area (Å²) in [5.74, 6) is -0.278. The molecule has 3 aromatic rings. The normalized spacial score (nSPS) is 10.8. The first-order valence-electron chi connectivity index (χ1n) is 7.64. The molecule has 6 heteroatoms. The Labute approximate surface area is 149 Å². The van der Waals surface area contributed by atoms with E-state index in [0.29, 0.717) is 33.7 Å². The number of hydrogen-bond acceptors (Lipinski definition) is 3. The van der Waals surface area contributed by atoms with Crippen LogP contribution in [0, 0.1) is 0 Å². The topological polar surface area (TPSA) is 68.5 Å². The average Bonchev–Trinajstić information content (AvgIpc) is 2.58. The number of rotatable bonds is 5. The number of aliphatic carboxylic acids is 1. The number of aromatic nitrogens is 1. The van der Waals surface area contributed by atoms with Crippen molar-refractivity contribution >= 4 is 28.5 Å². The molecule has 0 amide bonds. The lowest BCUT2D eigenvalue weighted by atomic mass is 10.0. The Balaban J connectivity index is 2.15. The van der Waals surface area contributed by atoms with Gasteiger partial charge in [0.1, 0.15) is 12.3 Å². The lowest BCUT2D eigenvalue weighted by Gasteiger charge is -2.12. The van der Waals surface area contributed by atoms with Gasteiger partial charge in [-0.15, -0.1) is 0 Å². The molecule has 3 rings (SSSR count). The van der Waals surface area contributed by atoms with Crippen molar-refractivity contribution in [3.63, 3.8) is 0 Å². The van der Waals surface area contributed by atoms with Crippen LogP contribution >= 0.6 is 11.6 Å². The van der Waals surface area contributed by atoms with E-state index in [1.165, 1.54) is 0 Å². The Bertz CT molecular complexity index is 1010. The number of methoxy groups -OCH3 is 1. The maximum Gasteiger partial charge on any atom is 0.323 e. The number of pyridine rings is 1. The van der Waals surface area contributed by atoms with Crippen LogP contribution in [0.5, 0.6) is 5.75 Å². The Morgan fingerprint density at radius 1 is 1.24 bits per heavy atom. The minimum Gasteiger partial charge on any atom is -0.497 e. The van der Waals surface area contributed by atoms with E-state index in [4.69, 9.17) is 21.4 Å². The number of carboxylic acids is 1. The molecule has 1 heterocycles. The highest BCUT2D eigenvalue weighted by atomic mass is 35.5. The molecule has 0 bridgehead atoms.